The Bertz CT molecular complexity index is 430. The highest BCUT2D eigenvalue weighted by Gasteiger charge is 2.43. The molecule has 0 aliphatic carbocycles. The van der Waals surface area contributed by atoms with Gasteiger partial charge >= 0.3 is 5.97 Å². The highest BCUT2D eigenvalue weighted by Crippen LogP contribution is 2.36. The van der Waals surface area contributed by atoms with Crippen molar-refractivity contribution >= 4 is 5.97 Å². The molecule has 0 amide bonds. The third-order valence-electron chi connectivity index (χ3n) is 3.84. The van der Waals surface area contributed by atoms with Crippen LogP contribution in [0, 0.1) is 0 Å². The van der Waals surface area contributed by atoms with Crippen LogP contribution in [0.5, 0.6) is 0 Å². The van der Waals surface area contributed by atoms with Crippen LogP contribution in [0.15, 0.2) is 30.3 Å². The summed E-state index contributed by atoms with van der Waals surface area (Å²) in [6, 6.07) is 9.93. The molecular formula is C16H23ClNO3-. The van der Waals surface area contributed by atoms with Gasteiger partial charge in [0.2, 0.25) is 0 Å². The van der Waals surface area contributed by atoms with Crippen molar-refractivity contribution in [1.82, 2.24) is 4.90 Å². The van der Waals surface area contributed by atoms with E-state index in [0.717, 1.165) is 12.1 Å². The lowest BCUT2D eigenvalue weighted by Crippen LogP contribution is -3.00. The van der Waals surface area contributed by atoms with Crippen molar-refractivity contribution in [3.8, 4) is 0 Å². The van der Waals surface area contributed by atoms with Gasteiger partial charge in [-0.05, 0) is 32.5 Å². The van der Waals surface area contributed by atoms with Gasteiger partial charge in [-0.15, -0.1) is 0 Å². The van der Waals surface area contributed by atoms with E-state index in [1.54, 1.807) is 0 Å². The summed E-state index contributed by atoms with van der Waals surface area (Å²) in [5.74, 6) is -0.117. The summed E-state index contributed by atoms with van der Waals surface area (Å²) >= 11 is 0. The van der Waals surface area contributed by atoms with Gasteiger partial charge in [0.1, 0.15) is 6.61 Å². The van der Waals surface area contributed by atoms with Gasteiger partial charge in [-0.1, -0.05) is 30.3 Å². The normalized spacial score (nSPS) is 17.1. The van der Waals surface area contributed by atoms with E-state index in [-0.39, 0.29) is 18.4 Å². The molecule has 1 heterocycles. The molecule has 4 nitrogen and oxygen atoms in total. The Hall–Kier alpha value is -1.10. The van der Waals surface area contributed by atoms with Gasteiger partial charge in [0.05, 0.1) is 5.41 Å². The first-order valence-electron chi connectivity index (χ1n) is 7.10. The van der Waals surface area contributed by atoms with Gasteiger partial charge in [0.25, 0.3) is 0 Å². The molecule has 118 valence electrons. The molecule has 1 aromatic carbocycles. The summed E-state index contributed by atoms with van der Waals surface area (Å²) in [7, 11) is 3.94. The van der Waals surface area contributed by atoms with E-state index in [1.165, 1.54) is 0 Å². The Balaban J connectivity index is 0.00000220. The van der Waals surface area contributed by atoms with Crippen molar-refractivity contribution in [3.63, 3.8) is 0 Å². The second-order valence-electron chi connectivity index (χ2n) is 5.50. The van der Waals surface area contributed by atoms with Crippen molar-refractivity contribution in [1.29, 1.82) is 0 Å². The van der Waals surface area contributed by atoms with E-state index in [0.29, 0.717) is 32.7 Å². The molecule has 21 heavy (non-hydrogen) atoms. The molecule has 0 N–H and O–H groups in total. The third-order valence-corrected chi connectivity index (χ3v) is 3.84. The van der Waals surface area contributed by atoms with Crippen LogP contribution in [0.2, 0.25) is 0 Å². The number of hydrogen-bond donors (Lipinski definition) is 0. The molecule has 1 aliphatic heterocycles. The summed E-state index contributed by atoms with van der Waals surface area (Å²) in [5.41, 5.74) is 0.504. The first kappa shape index (κ1) is 18.0. The summed E-state index contributed by atoms with van der Waals surface area (Å²) in [6.45, 7) is 2.39. The number of rotatable bonds is 5. The van der Waals surface area contributed by atoms with Gasteiger partial charge in [0.15, 0.2) is 0 Å². The molecule has 0 atom stereocenters. The lowest BCUT2D eigenvalue weighted by molar-refractivity contribution is -0.155. The highest BCUT2D eigenvalue weighted by atomic mass is 35.5. The largest absolute Gasteiger partial charge is 1.00 e. The number of ether oxygens (including phenoxy) is 2. The molecule has 0 saturated carbocycles. The molecule has 1 aromatic rings. The summed E-state index contributed by atoms with van der Waals surface area (Å²) in [4.78, 5) is 14.6. The molecule has 1 fully saturated rings. The van der Waals surface area contributed by atoms with Gasteiger partial charge < -0.3 is 26.8 Å². The lowest BCUT2D eigenvalue weighted by atomic mass is 9.74. The van der Waals surface area contributed by atoms with Crippen LogP contribution >= 0.6 is 0 Å². The zero-order valence-electron chi connectivity index (χ0n) is 12.7. The van der Waals surface area contributed by atoms with Crippen molar-refractivity contribution in [2.45, 2.75) is 18.3 Å². The second kappa shape index (κ2) is 8.37. The van der Waals surface area contributed by atoms with Crippen LogP contribution in [-0.2, 0) is 19.7 Å². The maximum absolute atomic E-state index is 12.6. The van der Waals surface area contributed by atoms with E-state index in [1.807, 2.05) is 49.3 Å². The molecular weight excluding hydrogens is 290 g/mol. The van der Waals surface area contributed by atoms with E-state index >= 15 is 0 Å². The maximum Gasteiger partial charge on any atom is 0.316 e. The van der Waals surface area contributed by atoms with Gasteiger partial charge in [-0.2, -0.15) is 0 Å². The van der Waals surface area contributed by atoms with E-state index in [9.17, 15) is 4.79 Å². The number of nitrogens with zero attached hydrogens (tertiary/aromatic N) is 1. The second-order valence-corrected chi connectivity index (χ2v) is 5.50. The zero-order chi connectivity index (χ0) is 14.4. The third kappa shape index (κ3) is 4.43. The predicted octanol–water partition coefficient (Wildman–Crippen LogP) is -1.16. The fourth-order valence-electron chi connectivity index (χ4n) is 2.55. The molecule has 0 aromatic heterocycles. The minimum Gasteiger partial charge on any atom is -1.00 e. The predicted molar refractivity (Wildman–Crippen MR) is 77.7 cm³/mol. The fourth-order valence-corrected chi connectivity index (χ4v) is 2.55. The van der Waals surface area contributed by atoms with Crippen LogP contribution in [0.4, 0.5) is 0 Å². The number of likely N-dealkylation sites (N-methyl/N-ethyl adjacent to an activating group) is 1. The van der Waals surface area contributed by atoms with Gasteiger partial charge in [0, 0.05) is 19.8 Å². The fraction of sp³-hybridized carbons (Fsp3) is 0.562. The van der Waals surface area contributed by atoms with Crippen molar-refractivity contribution in [3.05, 3.63) is 35.9 Å². The molecule has 0 spiro atoms. The number of halogens is 1. The quantitative estimate of drug-likeness (QED) is 0.643. The topological polar surface area (TPSA) is 38.8 Å². The molecule has 0 radical (unpaired) electrons. The Labute approximate surface area is 132 Å². The minimum absolute atomic E-state index is 0. The number of hydrogen-bond acceptors (Lipinski definition) is 4. The molecule has 5 heteroatoms. The Kier molecular flexibility index (Phi) is 7.15. The van der Waals surface area contributed by atoms with Crippen LogP contribution in [0.3, 0.4) is 0 Å². The van der Waals surface area contributed by atoms with Crippen molar-refractivity contribution < 1.29 is 26.7 Å². The van der Waals surface area contributed by atoms with E-state index < -0.39 is 5.41 Å². The van der Waals surface area contributed by atoms with Gasteiger partial charge in [-0.3, -0.25) is 4.79 Å². The Morgan fingerprint density at radius 2 is 1.86 bits per heavy atom. The van der Waals surface area contributed by atoms with Crippen LogP contribution in [-0.4, -0.2) is 51.3 Å². The molecule has 0 bridgehead atoms. The number of carbonyl (C=O) groups excluding carboxylic acids is 1. The number of carbonyl (C=O) groups is 1. The summed E-state index contributed by atoms with van der Waals surface area (Å²) in [6.07, 6.45) is 1.38. The lowest BCUT2D eigenvalue weighted by Gasteiger charge is -2.35. The van der Waals surface area contributed by atoms with Gasteiger partial charge in [-0.25, -0.2) is 0 Å². The number of esters is 1. The van der Waals surface area contributed by atoms with E-state index in [4.69, 9.17) is 9.47 Å². The molecule has 1 saturated heterocycles. The molecule has 0 unspecified atom stereocenters. The number of benzene rings is 1. The summed E-state index contributed by atoms with van der Waals surface area (Å²) in [5, 5.41) is 0. The smallest absolute Gasteiger partial charge is 0.316 e. The SMILES string of the molecule is CN(C)CCOC(=O)C1(c2ccccc2)CCOCC1.[Cl-]. The zero-order valence-corrected chi connectivity index (χ0v) is 13.4. The standard InChI is InChI=1S/C16H23NO3.ClH/c1-17(2)10-13-20-15(18)16(8-11-19-12-9-16)14-6-4-3-5-7-14;/h3-7H,8-13H2,1-2H3;1H/p-1. The first-order valence-corrected chi connectivity index (χ1v) is 7.10. The monoisotopic (exact) mass is 312 g/mol. The Morgan fingerprint density at radius 1 is 1.24 bits per heavy atom. The summed E-state index contributed by atoms with van der Waals surface area (Å²) < 4.78 is 10.9. The molecule has 1 aliphatic rings. The van der Waals surface area contributed by atoms with Crippen molar-refractivity contribution in [2.75, 3.05) is 40.5 Å². The minimum atomic E-state index is -0.536. The van der Waals surface area contributed by atoms with E-state index in [2.05, 4.69) is 0 Å². The van der Waals surface area contributed by atoms with Crippen LogP contribution < -0.4 is 12.4 Å². The van der Waals surface area contributed by atoms with Crippen LogP contribution in [0.1, 0.15) is 18.4 Å². The average molecular weight is 313 g/mol. The van der Waals surface area contributed by atoms with Crippen LogP contribution in [0.25, 0.3) is 0 Å². The molecule has 2 rings (SSSR count). The maximum atomic E-state index is 12.6. The Morgan fingerprint density at radius 3 is 2.43 bits per heavy atom. The first-order chi connectivity index (χ1) is 9.65. The highest BCUT2D eigenvalue weighted by molar-refractivity contribution is 5.83. The van der Waals surface area contributed by atoms with Crippen molar-refractivity contribution in [2.24, 2.45) is 0 Å². The average Bonchev–Trinajstić information content (AvgIpc) is 2.48.